The van der Waals surface area contributed by atoms with Gasteiger partial charge in [0.05, 0.1) is 42.0 Å². The van der Waals surface area contributed by atoms with Crippen molar-refractivity contribution in [2.45, 2.75) is 76.0 Å². The maximum Gasteiger partial charge on any atom is 0.341 e. The van der Waals surface area contributed by atoms with Crippen LogP contribution in [-0.2, 0) is 11.3 Å². The SMILES string of the molecule is COCc1cc2c(cc1OCCCC1(C#N)CCC1)[C@H]1CCC3(CC3)N1n1cc(C(=O)O)c(=O)cc1-2. The number of aromatic nitrogens is 1. The van der Waals surface area contributed by atoms with Gasteiger partial charge in [0.1, 0.15) is 11.3 Å². The Hall–Kier alpha value is -3.31. The third kappa shape index (κ3) is 3.52. The van der Waals surface area contributed by atoms with Gasteiger partial charge in [0.2, 0.25) is 0 Å². The number of carboxylic acids is 1. The van der Waals surface area contributed by atoms with Gasteiger partial charge >= 0.3 is 5.97 Å². The second kappa shape index (κ2) is 8.38. The van der Waals surface area contributed by atoms with Gasteiger partial charge in [-0.15, -0.1) is 0 Å². The number of benzene rings is 1. The topological polar surface area (TPSA) is 105 Å². The molecule has 36 heavy (non-hydrogen) atoms. The van der Waals surface area contributed by atoms with E-state index in [0.29, 0.717) is 18.9 Å². The lowest BCUT2D eigenvalue weighted by atomic mass is 9.67. The number of hydrogen-bond acceptors (Lipinski definition) is 6. The number of nitrogens with zero attached hydrogens (tertiary/aromatic N) is 3. The van der Waals surface area contributed by atoms with E-state index in [1.807, 2.05) is 10.7 Å². The number of aromatic carboxylic acids is 1. The van der Waals surface area contributed by atoms with E-state index < -0.39 is 11.4 Å². The molecule has 1 saturated heterocycles. The molecule has 3 heterocycles. The standard InChI is InChI=1S/C28H31N3O5/c1-35-16-18-12-19-20(13-25(18)36-11-3-7-27(17-29)5-2-6-27)22-4-8-28(9-10-28)31(22)30-15-21(26(33)34)24(32)14-23(19)30/h12-15,22H,2-11,16H2,1H3,(H,33,34)/t22-/m1/s1. The van der Waals surface area contributed by atoms with Crippen LogP contribution in [0.1, 0.15) is 85.3 Å². The highest BCUT2D eigenvalue weighted by atomic mass is 16.5. The molecule has 0 radical (unpaired) electrons. The third-order valence-corrected chi connectivity index (χ3v) is 8.76. The molecule has 1 N–H and O–H groups in total. The molecule has 3 fully saturated rings. The van der Waals surface area contributed by atoms with Crippen molar-refractivity contribution in [1.29, 1.82) is 5.26 Å². The van der Waals surface area contributed by atoms with Gasteiger partial charge in [0.25, 0.3) is 0 Å². The Kier molecular flexibility index (Phi) is 5.38. The first-order chi connectivity index (χ1) is 17.4. The van der Waals surface area contributed by atoms with E-state index >= 15 is 0 Å². The van der Waals surface area contributed by atoms with Gasteiger partial charge in [-0.25, -0.2) is 4.79 Å². The summed E-state index contributed by atoms with van der Waals surface area (Å²) >= 11 is 0. The van der Waals surface area contributed by atoms with Crippen LogP contribution in [0.2, 0.25) is 0 Å². The van der Waals surface area contributed by atoms with E-state index in [2.05, 4.69) is 17.1 Å². The number of rotatable bonds is 8. The maximum absolute atomic E-state index is 12.7. The van der Waals surface area contributed by atoms with E-state index in [1.165, 1.54) is 12.3 Å². The molecular weight excluding hydrogens is 458 g/mol. The molecule has 6 rings (SSSR count). The van der Waals surface area contributed by atoms with Crippen molar-refractivity contribution in [2.75, 3.05) is 18.7 Å². The minimum atomic E-state index is -1.20. The van der Waals surface area contributed by atoms with Crippen molar-refractivity contribution in [1.82, 2.24) is 4.68 Å². The lowest BCUT2D eigenvalue weighted by Gasteiger charge is -2.41. The van der Waals surface area contributed by atoms with Crippen LogP contribution in [0.4, 0.5) is 0 Å². The molecule has 0 bridgehead atoms. The molecule has 2 aromatic rings. The van der Waals surface area contributed by atoms with Gasteiger partial charge in [0.15, 0.2) is 5.43 Å². The first-order valence-electron chi connectivity index (χ1n) is 12.9. The summed E-state index contributed by atoms with van der Waals surface area (Å²) in [6, 6.07) is 8.20. The Morgan fingerprint density at radius 1 is 1.22 bits per heavy atom. The third-order valence-electron chi connectivity index (χ3n) is 8.76. The van der Waals surface area contributed by atoms with Crippen molar-refractivity contribution in [3.63, 3.8) is 0 Å². The molecule has 1 aromatic carbocycles. The minimum absolute atomic E-state index is 0.0303. The highest BCUT2D eigenvalue weighted by molar-refractivity contribution is 5.88. The molecule has 2 aliphatic heterocycles. The zero-order chi connectivity index (χ0) is 25.1. The predicted octanol–water partition coefficient (Wildman–Crippen LogP) is 4.53. The molecule has 4 aliphatic rings. The summed E-state index contributed by atoms with van der Waals surface area (Å²) in [5.74, 6) is -0.421. The van der Waals surface area contributed by atoms with Crippen LogP contribution in [0.3, 0.4) is 0 Å². The number of pyridine rings is 1. The molecule has 1 spiro atoms. The lowest BCUT2D eigenvalue weighted by Crippen LogP contribution is -2.46. The van der Waals surface area contributed by atoms with Crippen molar-refractivity contribution in [2.24, 2.45) is 5.41 Å². The maximum atomic E-state index is 12.7. The van der Waals surface area contributed by atoms with Crippen LogP contribution in [-0.4, -0.2) is 35.0 Å². The Morgan fingerprint density at radius 3 is 2.67 bits per heavy atom. The predicted molar refractivity (Wildman–Crippen MR) is 133 cm³/mol. The fraction of sp³-hybridized carbons (Fsp3) is 0.536. The molecule has 2 aliphatic carbocycles. The van der Waals surface area contributed by atoms with E-state index in [9.17, 15) is 20.0 Å². The average molecular weight is 490 g/mol. The van der Waals surface area contributed by atoms with E-state index in [0.717, 1.165) is 80.2 Å². The molecule has 8 nitrogen and oxygen atoms in total. The van der Waals surface area contributed by atoms with Crippen molar-refractivity contribution >= 4 is 5.97 Å². The number of carbonyl (C=O) groups is 1. The summed E-state index contributed by atoms with van der Waals surface area (Å²) in [6.45, 7) is 0.899. The van der Waals surface area contributed by atoms with Crippen LogP contribution < -0.4 is 15.2 Å². The van der Waals surface area contributed by atoms with Gasteiger partial charge < -0.3 is 14.6 Å². The largest absolute Gasteiger partial charge is 0.493 e. The molecule has 188 valence electrons. The highest BCUT2D eigenvalue weighted by Crippen LogP contribution is 2.58. The Labute approximate surface area is 210 Å². The van der Waals surface area contributed by atoms with Crippen LogP contribution >= 0.6 is 0 Å². The Morgan fingerprint density at radius 2 is 2.03 bits per heavy atom. The number of hydrogen-bond donors (Lipinski definition) is 1. The second-order valence-electron chi connectivity index (χ2n) is 10.9. The van der Waals surface area contributed by atoms with Crippen LogP contribution in [0.25, 0.3) is 11.3 Å². The van der Waals surface area contributed by atoms with Crippen LogP contribution in [0.5, 0.6) is 5.75 Å². The summed E-state index contributed by atoms with van der Waals surface area (Å²) in [6.07, 6.45) is 10.4. The lowest BCUT2D eigenvalue weighted by molar-refractivity contribution is 0.0694. The van der Waals surface area contributed by atoms with Crippen molar-refractivity contribution in [3.05, 3.63) is 51.3 Å². The highest BCUT2D eigenvalue weighted by Gasteiger charge is 2.57. The zero-order valence-corrected chi connectivity index (χ0v) is 20.6. The first-order valence-corrected chi connectivity index (χ1v) is 12.9. The second-order valence-corrected chi connectivity index (χ2v) is 10.9. The number of carboxylic acid groups (broad SMARTS) is 1. The summed E-state index contributed by atoms with van der Waals surface area (Å²) in [5.41, 5.74) is 2.83. The van der Waals surface area contributed by atoms with Gasteiger partial charge in [-0.2, -0.15) is 5.26 Å². The van der Waals surface area contributed by atoms with Gasteiger partial charge in [-0.05, 0) is 69.1 Å². The van der Waals surface area contributed by atoms with E-state index in [4.69, 9.17) is 9.47 Å². The molecule has 8 heteroatoms. The summed E-state index contributed by atoms with van der Waals surface area (Å²) < 4.78 is 13.7. The van der Waals surface area contributed by atoms with E-state index in [-0.39, 0.29) is 22.6 Å². The molecule has 0 amide bonds. The molecule has 0 unspecified atom stereocenters. The van der Waals surface area contributed by atoms with Crippen molar-refractivity contribution in [3.8, 4) is 23.1 Å². The Balaban J connectivity index is 1.38. The fourth-order valence-electron chi connectivity index (χ4n) is 6.48. The molecule has 1 aromatic heterocycles. The first kappa shape index (κ1) is 23.1. The number of fused-ring (bicyclic) bond motifs is 7. The number of ether oxygens (including phenoxy) is 2. The van der Waals surface area contributed by atoms with Gasteiger partial charge in [0, 0.05) is 30.5 Å². The van der Waals surface area contributed by atoms with Crippen LogP contribution in [0.15, 0.2) is 29.2 Å². The van der Waals surface area contributed by atoms with Crippen molar-refractivity contribution < 1.29 is 19.4 Å². The minimum Gasteiger partial charge on any atom is -0.493 e. The smallest absolute Gasteiger partial charge is 0.341 e. The quantitative estimate of drug-likeness (QED) is 0.543. The number of nitriles is 1. The fourth-order valence-corrected chi connectivity index (χ4v) is 6.48. The van der Waals surface area contributed by atoms with Gasteiger partial charge in [-0.1, -0.05) is 6.42 Å². The number of methoxy groups -OCH3 is 1. The summed E-state index contributed by atoms with van der Waals surface area (Å²) in [4.78, 5) is 24.5. The Bertz CT molecular complexity index is 1330. The van der Waals surface area contributed by atoms with E-state index in [1.54, 1.807) is 7.11 Å². The normalized spacial score (nSPS) is 21.7. The molecule has 2 saturated carbocycles. The van der Waals surface area contributed by atoms with Crippen LogP contribution in [0, 0.1) is 16.7 Å². The molecule has 1 atom stereocenters. The zero-order valence-electron chi connectivity index (χ0n) is 20.6. The average Bonchev–Trinajstić information content (AvgIpc) is 3.52. The van der Waals surface area contributed by atoms with Gasteiger partial charge in [-0.3, -0.25) is 14.5 Å². The molecular formula is C28H31N3O5. The monoisotopic (exact) mass is 489 g/mol. The summed E-state index contributed by atoms with van der Waals surface area (Å²) in [7, 11) is 1.64. The summed E-state index contributed by atoms with van der Waals surface area (Å²) in [5, 5.41) is 21.4.